The Morgan fingerprint density at radius 3 is 2.25 bits per heavy atom. The minimum Gasteiger partial charge on any atom is -0.480 e. The first-order valence-corrected chi connectivity index (χ1v) is 8.18. The zero-order valence-corrected chi connectivity index (χ0v) is 15.3. The molecule has 0 heterocycles. The Hall–Kier alpha value is -2.26. The lowest BCUT2D eigenvalue weighted by atomic mass is 10.2. The highest BCUT2D eigenvalue weighted by molar-refractivity contribution is 9.11. The third-order valence-electron chi connectivity index (χ3n) is 2.94. The number of ether oxygens (including phenoxy) is 1. The molecule has 0 unspecified atom stereocenters. The predicted molar refractivity (Wildman–Crippen MR) is 97.2 cm³/mol. The maximum absolute atomic E-state index is 11.9. The van der Waals surface area contributed by atoms with Crippen molar-refractivity contribution in [1.29, 1.82) is 0 Å². The van der Waals surface area contributed by atoms with Crippen LogP contribution in [0.15, 0.2) is 39.3 Å². The van der Waals surface area contributed by atoms with Crippen LogP contribution in [0.1, 0.15) is 10.4 Å². The number of carbonyl (C=O) groups excluding carboxylic acids is 1. The van der Waals surface area contributed by atoms with Crippen molar-refractivity contribution in [3.05, 3.63) is 44.8 Å². The van der Waals surface area contributed by atoms with Gasteiger partial charge in [-0.25, -0.2) is 0 Å². The van der Waals surface area contributed by atoms with Gasteiger partial charge in [0.1, 0.15) is 12.3 Å². The highest BCUT2D eigenvalue weighted by Crippen LogP contribution is 2.38. The summed E-state index contributed by atoms with van der Waals surface area (Å²) in [6, 6.07) is 7.93. The second-order valence-corrected chi connectivity index (χ2v) is 6.45. The summed E-state index contributed by atoms with van der Waals surface area (Å²) in [6.07, 6.45) is 0. The summed E-state index contributed by atoms with van der Waals surface area (Å²) < 4.78 is 6.77. The van der Waals surface area contributed by atoms with Gasteiger partial charge in [-0.15, -0.1) is 0 Å². The van der Waals surface area contributed by atoms with Crippen LogP contribution in [0.3, 0.4) is 0 Å². The third-order valence-corrected chi connectivity index (χ3v) is 4.12. The second kappa shape index (κ2) is 7.54. The molecule has 0 spiro atoms. The van der Waals surface area contributed by atoms with Crippen molar-refractivity contribution in [3.63, 3.8) is 0 Å². The fourth-order valence-electron chi connectivity index (χ4n) is 1.78. The van der Waals surface area contributed by atoms with E-state index in [2.05, 4.69) is 37.2 Å². The summed E-state index contributed by atoms with van der Waals surface area (Å²) in [5, 5.41) is 10.9. The lowest BCUT2D eigenvalue weighted by Gasteiger charge is -2.13. The number of nitrogen functional groups attached to an aromatic ring is 2. The van der Waals surface area contributed by atoms with Crippen LogP contribution in [0.4, 0.5) is 11.4 Å². The summed E-state index contributed by atoms with van der Waals surface area (Å²) in [4.78, 5) is 22.4. The number of rotatable bonds is 5. The Balaban J connectivity index is 2.24. The molecule has 0 aliphatic rings. The van der Waals surface area contributed by atoms with Crippen molar-refractivity contribution in [2.75, 3.05) is 18.0 Å². The van der Waals surface area contributed by atoms with Gasteiger partial charge in [0, 0.05) is 11.6 Å². The molecule has 0 aliphatic heterocycles. The van der Waals surface area contributed by atoms with Crippen LogP contribution >= 0.6 is 31.9 Å². The lowest BCUT2D eigenvalue weighted by Crippen LogP contribution is -2.29. The molecule has 0 radical (unpaired) electrons. The molecule has 126 valence electrons. The molecular formula is C15H13Br2N3O4. The van der Waals surface area contributed by atoms with E-state index in [1.165, 1.54) is 12.1 Å². The Kier molecular flexibility index (Phi) is 5.68. The van der Waals surface area contributed by atoms with Crippen LogP contribution in [-0.4, -0.2) is 23.5 Å². The first-order chi connectivity index (χ1) is 11.3. The number of nitrogens with one attached hydrogen (secondary N) is 1. The number of nitrogens with two attached hydrogens (primary N) is 2. The molecule has 24 heavy (non-hydrogen) atoms. The zero-order chi connectivity index (χ0) is 17.9. The fraction of sp³-hybridized carbons (Fsp3) is 0.0667. The van der Waals surface area contributed by atoms with Crippen molar-refractivity contribution in [2.24, 2.45) is 0 Å². The molecular weight excluding hydrogens is 446 g/mol. The Labute approximate surface area is 154 Å². The Morgan fingerprint density at radius 2 is 1.71 bits per heavy atom. The van der Waals surface area contributed by atoms with Crippen molar-refractivity contribution in [3.8, 4) is 11.5 Å². The number of halogens is 2. The molecule has 2 aromatic rings. The number of aliphatic carboxylic acids is 1. The minimum atomic E-state index is -1.12. The van der Waals surface area contributed by atoms with E-state index >= 15 is 0 Å². The van der Waals surface area contributed by atoms with E-state index in [0.29, 0.717) is 31.8 Å². The highest BCUT2D eigenvalue weighted by Gasteiger charge is 2.15. The molecule has 0 bridgehead atoms. The number of hydrogen-bond acceptors (Lipinski definition) is 5. The van der Waals surface area contributed by atoms with Gasteiger partial charge in [0.05, 0.1) is 20.3 Å². The predicted octanol–water partition coefficient (Wildman–Crippen LogP) is 2.98. The van der Waals surface area contributed by atoms with Crippen LogP contribution in [0.2, 0.25) is 0 Å². The topological polar surface area (TPSA) is 128 Å². The van der Waals surface area contributed by atoms with Crippen LogP contribution in [0, 0.1) is 0 Å². The molecule has 0 saturated heterocycles. The fourth-order valence-corrected chi connectivity index (χ4v) is 3.13. The second-order valence-electron chi connectivity index (χ2n) is 4.74. The average Bonchev–Trinajstić information content (AvgIpc) is 2.51. The van der Waals surface area contributed by atoms with E-state index in [-0.39, 0.29) is 5.56 Å². The third kappa shape index (κ3) is 4.39. The van der Waals surface area contributed by atoms with E-state index in [9.17, 15) is 9.59 Å². The minimum absolute atomic E-state index is 0.277. The molecule has 9 heteroatoms. The molecule has 0 aliphatic carbocycles. The number of carboxylic acids is 1. The normalized spacial score (nSPS) is 10.2. The molecule has 7 nitrogen and oxygen atoms in total. The van der Waals surface area contributed by atoms with Crippen molar-refractivity contribution < 1.29 is 19.4 Å². The van der Waals surface area contributed by atoms with Gasteiger partial charge in [0.15, 0.2) is 5.75 Å². The number of hydrogen-bond donors (Lipinski definition) is 4. The number of carbonyl (C=O) groups is 2. The maximum Gasteiger partial charge on any atom is 0.322 e. The number of benzene rings is 2. The van der Waals surface area contributed by atoms with E-state index in [4.69, 9.17) is 21.3 Å². The molecule has 0 saturated carbocycles. The van der Waals surface area contributed by atoms with E-state index in [0.717, 1.165) is 0 Å². The van der Waals surface area contributed by atoms with Crippen LogP contribution in [0.5, 0.6) is 11.5 Å². The van der Waals surface area contributed by atoms with E-state index in [1.54, 1.807) is 18.2 Å². The number of amides is 1. The van der Waals surface area contributed by atoms with Gasteiger partial charge in [0.25, 0.3) is 5.91 Å². The average molecular weight is 459 g/mol. The van der Waals surface area contributed by atoms with Crippen molar-refractivity contribution in [1.82, 2.24) is 5.32 Å². The quantitative estimate of drug-likeness (QED) is 0.510. The molecule has 6 N–H and O–H groups in total. The lowest BCUT2D eigenvalue weighted by molar-refractivity contribution is -0.135. The monoisotopic (exact) mass is 457 g/mol. The Morgan fingerprint density at radius 1 is 1.08 bits per heavy atom. The van der Waals surface area contributed by atoms with E-state index in [1.807, 2.05) is 0 Å². The molecule has 0 atom stereocenters. The van der Waals surface area contributed by atoms with Gasteiger partial charge in [-0.3, -0.25) is 9.59 Å². The van der Waals surface area contributed by atoms with Crippen LogP contribution < -0.4 is 21.5 Å². The van der Waals surface area contributed by atoms with Crippen molar-refractivity contribution >= 4 is 55.1 Å². The Bertz CT molecular complexity index is 788. The molecule has 2 aromatic carbocycles. The largest absolute Gasteiger partial charge is 0.480 e. The smallest absolute Gasteiger partial charge is 0.322 e. The molecule has 1 amide bonds. The van der Waals surface area contributed by atoms with Crippen LogP contribution in [-0.2, 0) is 4.79 Å². The van der Waals surface area contributed by atoms with Crippen molar-refractivity contribution in [2.45, 2.75) is 0 Å². The zero-order valence-electron chi connectivity index (χ0n) is 12.2. The first kappa shape index (κ1) is 18.1. The molecule has 0 fully saturated rings. The first-order valence-electron chi connectivity index (χ1n) is 6.60. The summed E-state index contributed by atoms with van der Waals surface area (Å²) >= 11 is 6.66. The van der Waals surface area contributed by atoms with Gasteiger partial charge in [0.2, 0.25) is 0 Å². The standard InChI is InChI=1S/C15H13Br2N3O4/c16-9-3-7(15(23)20-6-13(21)22)4-10(17)14(9)24-8-1-2-11(18)12(19)5-8/h1-5H,6,18-19H2,(H,20,23)(H,21,22). The van der Waals surface area contributed by atoms with E-state index < -0.39 is 18.4 Å². The number of carboxylic acid groups (broad SMARTS) is 1. The maximum atomic E-state index is 11.9. The summed E-state index contributed by atoms with van der Waals surface area (Å²) in [5.41, 5.74) is 12.5. The number of anilines is 2. The van der Waals surface area contributed by atoms with Crippen LogP contribution in [0.25, 0.3) is 0 Å². The summed E-state index contributed by atoms with van der Waals surface area (Å²) in [7, 11) is 0. The highest BCUT2D eigenvalue weighted by atomic mass is 79.9. The van der Waals surface area contributed by atoms with Gasteiger partial charge in [-0.05, 0) is 56.1 Å². The van der Waals surface area contributed by atoms with Gasteiger partial charge < -0.3 is 26.6 Å². The summed E-state index contributed by atoms with van der Waals surface area (Å²) in [6.45, 7) is -0.461. The molecule has 2 rings (SSSR count). The molecule has 0 aromatic heterocycles. The summed E-state index contributed by atoms with van der Waals surface area (Å²) in [5.74, 6) is -0.718. The SMILES string of the molecule is Nc1ccc(Oc2c(Br)cc(C(=O)NCC(=O)O)cc2Br)cc1N. The van der Waals surface area contributed by atoms with Gasteiger partial charge in [-0.1, -0.05) is 0 Å². The van der Waals surface area contributed by atoms with Gasteiger partial charge >= 0.3 is 5.97 Å². The van der Waals surface area contributed by atoms with Gasteiger partial charge in [-0.2, -0.15) is 0 Å².